The fourth-order valence-corrected chi connectivity index (χ4v) is 2.61. The van der Waals surface area contributed by atoms with Gasteiger partial charge >= 0.3 is 0 Å². The van der Waals surface area contributed by atoms with Gasteiger partial charge in [0.15, 0.2) is 0 Å². The number of aryl methyl sites for hydroxylation is 2. The van der Waals surface area contributed by atoms with Crippen molar-refractivity contribution in [3.63, 3.8) is 0 Å². The first kappa shape index (κ1) is 13.5. The minimum Gasteiger partial charge on any atom is -0.338 e. The molecule has 2 rings (SSSR count). The molecular formula is C13H18BrN3O. The number of hydrogen-bond donors (Lipinski definition) is 0. The molecule has 1 aromatic rings. The predicted octanol–water partition coefficient (Wildman–Crippen LogP) is 2.34. The maximum absolute atomic E-state index is 12.5. The molecule has 0 aromatic carbocycles. The van der Waals surface area contributed by atoms with Gasteiger partial charge in [0.05, 0.1) is 17.0 Å². The third kappa shape index (κ3) is 2.71. The summed E-state index contributed by atoms with van der Waals surface area (Å²) >= 11 is 3.65. The summed E-state index contributed by atoms with van der Waals surface area (Å²) in [5.74, 6) is 0.565. The van der Waals surface area contributed by atoms with Gasteiger partial charge in [-0.3, -0.25) is 4.79 Å². The lowest BCUT2D eigenvalue weighted by atomic mass is 9.99. The van der Waals surface area contributed by atoms with Gasteiger partial charge in [0.2, 0.25) is 0 Å². The van der Waals surface area contributed by atoms with Crippen LogP contribution in [-0.2, 0) is 0 Å². The number of aromatic nitrogens is 2. The molecule has 0 spiro atoms. The summed E-state index contributed by atoms with van der Waals surface area (Å²) in [5, 5.41) is 7.99. The van der Waals surface area contributed by atoms with E-state index in [1.165, 1.54) is 0 Å². The Morgan fingerprint density at radius 1 is 1.44 bits per heavy atom. The molecule has 0 radical (unpaired) electrons. The Labute approximate surface area is 116 Å². The summed E-state index contributed by atoms with van der Waals surface area (Å²) < 4.78 is 0. The molecule has 0 saturated carbocycles. The highest BCUT2D eigenvalue weighted by molar-refractivity contribution is 9.09. The summed E-state index contributed by atoms with van der Waals surface area (Å²) in [6, 6.07) is 1.83. The molecule has 1 aliphatic heterocycles. The summed E-state index contributed by atoms with van der Waals surface area (Å²) in [4.78, 5) is 14.9. The minimum absolute atomic E-state index is 0.0803. The van der Waals surface area contributed by atoms with Gasteiger partial charge in [-0.15, -0.1) is 0 Å². The van der Waals surface area contributed by atoms with Crippen LogP contribution in [0.15, 0.2) is 6.07 Å². The van der Waals surface area contributed by atoms with Gasteiger partial charge in [-0.2, -0.15) is 10.2 Å². The standard InChI is InChI=1S/C13H18BrN3O/c1-8-7-17(5-4-12(8)14)13(18)11-6-9(2)15-16-10(11)3/h6,8,12H,4-5,7H2,1-3H3. The molecule has 0 bridgehead atoms. The van der Waals surface area contributed by atoms with E-state index in [0.29, 0.717) is 22.0 Å². The van der Waals surface area contributed by atoms with E-state index >= 15 is 0 Å². The van der Waals surface area contributed by atoms with Gasteiger partial charge in [0.1, 0.15) is 0 Å². The monoisotopic (exact) mass is 311 g/mol. The molecule has 2 heterocycles. The summed E-state index contributed by atoms with van der Waals surface area (Å²) in [6.07, 6.45) is 1.00. The number of piperidine rings is 1. The van der Waals surface area contributed by atoms with E-state index in [1.807, 2.05) is 24.8 Å². The van der Waals surface area contributed by atoms with Crippen LogP contribution in [0, 0.1) is 19.8 Å². The maximum Gasteiger partial charge on any atom is 0.255 e. The van der Waals surface area contributed by atoms with E-state index in [9.17, 15) is 4.79 Å². The van der Waals surface area contributed by atoms with E-state index in [0.717, 1.165) is 25.2 Å². The number of rotatable bonds is 1. The Bertz CT molecular complexity index is 464. The van der Waals surface area contributed by atoms with Crippen molar-refractivity contribution in [3.8, 4) is 0 Å². The van der Waals surface area contributed by atoms with E-state index < -0.39 is 0 Å². The van der Waals surface area contributed by atoms with Crippen molar-refractivity contribution in [2.75, 3.05) is 13.1 Å². The first-order valence-electron chi connectivity index (χ1n) is 6.23. The van der Waals surface area contributed by atoms with E-state index in [1.54, 1.807) is 0 Å². The van der Waals surface area contributed by atoms with E-state index in [2.05, 4.69) is 33.1 Å². The van der Waals surface area contributed by atoms with Gasteiger partial charge in [-0.1, -0.05) is 22.9 Å². The number of halogens is 1. The topological polar surface area (TPSA) is 46.1 Å². The lowest BCUT2D eigenvalue weighted by Gasteiger charge is -2.34. The Kier molecular flexibility index (Phi) is 4.00. The van der Waals surface area contributed by atoms with Crippen molar-refractivity contribution < 1.29 is 4.79 Å². The molecule has 5 heteroatoms. The highest BCUT2D eigenvalue weighted by Gasteiger charge is 2.28. The Morgan fingerprint density at radius 2 is 2.17 bits per heavy atom. The number of nitrogens with zero attached hydrogens (tertiary/aromatic N) is 3. The molecule has 1 aliphatic rings. The third-order valence-electron chi connectivity index (χ3n) is 3.42. The van der Waals surface area contributed by atoms with Crippen LogP contribution in [-0.4, -0.2) is 38.9 Å². The Morgan fingerprint density at radius 3 is 2.83 bits per heavy atom. The molecule has 2 unspecified atom stereocenters. The molecule has 1 aromatic heterocycles. The molecule has 0 aliphatic carbocycles. The zero-order valence-corrected chi connectivity index (χ0v) is 12.6. The number of likely N-dealkylation sites (tertiary alicyclic amines) is 1. The van der Waals surface area contributed by atoms with Crippen LogP contribution in [0.4, 0.5) is 0 Å². The normalized spacial score (nSPS) is 24.1. The fourth-order valence-electron chi connectivity index (χ4n) is 2.24. The Hall–Kier alpha value is -0.970. The van der Waals surface area contributed by atoms with Crippen molar-refractivity contribution in [1.29, 1.82) is 0 Å². The predicted molar refractivity (Wildman–Crippen MR) is 73.9 cm³/mol. The van der Waals surface area contributed by atoms with Crippen molar-refractivity contribution in [1.82, 2.24) is 15.1 Å². The SMILES string of the molecule is Cc1cc(C(=O)N2CCC(Br)C(C)C2)c(C)nn1. The Balaban J connectivity index is 2.19. The van der Waals surface area contributed by atoms with Crippen LogP contribution in [0.1, 0.15) is 35.1 Å². The third-order valence-corrected chi connectivity index (χ3v) is 4.78. The van der Waals surface area contributed by atoms with Crippen LogP contribution >= 0.6 is 15.9 Å². The zero-order valence-electron chi connectivity index (χ0n) is 11.0. The first-order valence-corrected chi connectivity index (χ1v) is 7.15. The quantitative estimate of drug-likeness (QED) is 0.748. The molecule has 2 atom stereocenters. The maximum atomic E-state index is 12.5. The number of alkyl halides is 1. The average Bonchev–Trinajstić information content (AvgIpc) is 2.35. The fraction of sp³-hybridized carbons (Fsp3) is 0.615. The van der Waals surface area contributed by atoms with Crippen molar-refractivity contribution in [2.24, 2.45) is 5.92 Å². The van der Waals surface area contributed by atoms with Crippen LogP contribution < -0.4 is 0 Å². The highest BCUT2D eigenvalue weighted by atomic mass is 79.9. The smallest absolute Gasteiger partial charge is 0.255 e. The second kappa shape index (κ2) is 5.34. The van der Waals surface area contributed by atoms with Crippen molar-refractivity contribution in [3.05, 3.63) is 23.0 Å². The zero-order chi connectivity index (χ0) is 13.3. The molecule has 1 amide bonds. The van der Waals surface area contributed by atoms with Gasteiger partial charge < -0.3 is 4.90 Å². The van der Waals surface area contributed by atoms with Crippen LogP contribution in [0.2, 0.25) is 0 Å². The molecule has 0 N–H and O–H groups in total. The summed E-state index contributed by atoms with van der Waals surface area (Å²) in [7, 11) is 0. The van der Waals surface area contributed by atoms with Gasteiger partial charge in [-0.05, 0) is 32.3 Å². The molecule has 1 saturated heterocycles. The number of hydrogen-bond acceptors (Lipinski definition) is 3. The van der Waals surface area contributed by atoms with Crippen molar-refractivity contribution in [2.45, 2.75) is 32.0 Å². The summed E-state index contributed by atoms with van der Waals surface area (Å²) in [6.45, 7) is 7.47. The second-order valence-electron chi connectivity index (χ2n) is 5.02. The van der Waals surface area contributed by atoms with E-state index in [-0.39, 0.29) is 5.91 Å². The van der Waals surface area contributed by atoms with Gasteiger partial charge in [0.25, 0.3) is 5.91 Å². The molecular weight excluding hydrogens is 294 g/mol. The van der Waals surface area contributed by atoms with Crippen LogP contribution in [0.5, 0.6) is 0 Å². The number of carbonyl (C=O) groups excluding carboxylic acids is 1. The average molecular weight is 312 g/mol. The van der Waals surface area contributed by atoms with Crippen molar-refractivity contribution >= 4 is 21.8 Å². The van der Waals surface area contributed by atoms with Gasteiger partial charge in [0, 0.05) is 17.9 Å². The highest BCUT2D eigenvalue weighted by Crippen LogP contribution is 2.24. The van der Waals surface area contributed by atoms with Crippen LogP contribution in [0.3, 0.4) is 0 Å². The number of carbonyl (C=O) groups is 1. The molecule has 4 nitrogen and oxygen atoms in total. The molecule has 1 fully saturated rings. The lowest BCUT2D eigenvalue weighted by molar-refractivity contribution is 0.0689. The lowest BCUT2D eigenvalue weighted by Crippen LogP contribution is -2.43. The minimum atomic E-state index is 0.0803. The second-order valence-corrected chi connectivity index (χ2v) is 6.19. The largest absolute Gasteiger partial charge is 0.338 e. The van der Waals surface area contributed by atoms with E-state index in [4.69, 9.17) is 0 Å². The molecule has 18 heavy (non-hydrogen) atoms. The summed E-state index contributed by atoms with van der Waals surface area (Å²) in [5.41, 5.74) is 2.18. The van der Waals surface area contributed by atoms with Gasteiger partial charge in [-0.25, -0.2) is 0 Å². The first-order chi connectivity index (χ1) is 8.49. The molecule has 98 valence electrons. The van der Waals surface area contributed by atoms with Crippen LogP contribution in [0.25, 0.3) is 0 Å². The number of amides is 1.